The molecule has 126 valence electrons. The highest BCUT2D eigenvalue weighted by Gasteiger charge is 2.28. The predicted octanol–water partition coefficient (Wildman–Crippen LogP) is 1.72. The summed E-state index contributed by atoms with van der Waals surface area (Å²) < 4.78 is 0.780. The molecule has 0 aromatic heterocycles. The van der Waals surface area contributed by atoms with Crippen LogP contribution in [0.3, 0.4) is 0 Å². The lowest BCUT2D eigenvalue weighted by Crippen LogP contribution is -2.53. The van der Waals surface area contributed by atoms with Crippen LogP contribution >= 0.6 is 15.9 Å². The zero-order valence-corrected chi connectivity index (χ0v) is 14.9. The molecule has 0 heterocycles. The van der Waals surface area contributed by atoms with Gasteiger partial charge in [0, 0.05) is 17.8 Å². The van der Waals surface area contributed by atoms with Gasteiger partial charge in [-0.25, -0.2) is 4.79 Å². The van der Waals surface area contributed by atoms with E-state index in [9.17, 15) is 19.5 Å². The van der Waals surface area contributed by atoms with Gasteiger partial charge in [-0.1, -0.05) is 48.0 Å². The molecule has 7 heteroatoms. The second-order valence-corrected chi connectivity index (χ2v) is 6.47. The van der Waals surface area contributed by atoms with Crippen molar-refractivity contribution in [2.45, 2.75) is 39.3 Å². The smallest absolute Gasteiger partial charge is 0.326 e. The number of hydrogen-bond acceptors (Lipinski definition) is 3. The lowest BCUT2D eigenvalue weighted by Gasteiger charge is -2.23. The third-order valence-electron chi connectivity index (χ3n) is 3.30. The number of carbonyl (C=O) groups excluding carboxylic acids is 2. The molecule has 6 nitrogen and oxygen atoms in total. The van der Waals surface area contributed by atoms with E-state index in [1.807, 2.05) is 12.1 Å². The van der Waals surface area contributed by atoms with Crippen LogP contribution in [0.25, 0.3) is 0 Å². The van der Waals surface area contributed by atoms with Gasteiger partial charge in [-0.3, -0.25) is 9.59 Å². The first-order valence-electron chi connectivity index (χ1n) is 7.26. The maximum Gasteiger partial charge on any atom is 0.326 e. The number of rotatable bonds is 7. The minimum Gasteiger partial charge on any atom is -0.480 e. The quantitative estimate of drug-likeness (QED) is 0.666. The van der Waals surface area contributed by atoms with Gasteiger partial charge in [-0.2, -0.15) is 0 Å². The molecule has 1 rings (SSSR count). The van der Waals surface area contributed by atoms with E-state index in [1.165, 1.54) is 6.92 Å². The highest BCUT2D eigenvalue weighted by atomic mass is 79.9. The van der Waals surface area contributed by atoms with Crippen molar-refractivity contribution >= 4 is 33.7 Å². The summed E-state index contributed by atoms with van der Waals surface area (Å²) in [6.45, 7) is 4.88. The number of halogens is 1. The zero-order valence-electron chi connectivity index (χ0n) is 13.3. The molecule has 0 aliphatic rings. The molecule has 23 heavy (non-hydrogen) atoms. The van der Waals surface area contributed by atoms with Crippen molar-refractivity contribution in [1.29, 1.82) is 0 Å². The summed E-state index contributed by atoms with van der Waals surface area (Å²) in [4.78, 5) is 35.0. The number of nitrogens with one attached hydrogen (secondary N) is 2. The highest BCUT2D eigenvalue weighted by Crippen LogP contribution is 2.17. The number of amides is 2. The Hall–Kier alpha value is -1.89. The summed E-state index contributed by atoms with van der Waals surface area (Å²) in [5.74, 6) is -2.12. The van der Waals surface area contributed by atoms with E-state index in [-0.39, 0.29) is 18.2 Å². The van der Waals surface area contributed by atoms with Gasteiger partial charge in [0.2, 0.25) is 11.8 Å². The normalized spacial score (nSPS) is 13.3. The molecule has 0 unspecified atom stereocenters. The third kappa shape index (κ3) is 6.02. The first-order chi connectivity index (χ1) is 10.7. The van der Waals surface area contributed by atoms with E-state index in [2.05, 4.69) is 26.6 Å². The molecule has 0 fully saturated rings. The van der Waals surface area contributed by atoms with Crippen molar-refractivity contribution in [1.82, 2.24) is 10.6 Å². The van der Waals surface area contributed by atoms with Crippen molar-refractivity contribution in [3.05, 3.63) is 34.3 Å². The van der Waals surface area contributed by atoms with Crippen LogP contribution in [0.15, 0.2) is 28.7 Å². The standard InChI is InChI=1S/C16H21BrN2O4/c1-9(2)14(18-10(3)20)15(21)19-13(16(22)23)8-11-6-4-5-7-12(11)17/h4-7,9,13-14H,8H2,1-3H3,(H,18,20)(H,19,21)(H,22,23)/t13-,14-/m1/s1. The Morgan fingerprint density at radius 3 is 2.26 bits per heavy atom. The SMILES string of the molecule is CC(=O)N[C@@H](C(=O)N[C@H](Cc1ccccc1Br)C(=O)O)C(C)C. The fraction of sp³-hybridized carbons (Fsp3) is 0.438. The van der Waals surface area contributed by atoms with Gasteiger partial charge in [-0.15, -0.1) is 0 Å². The number of aliphatic carboxylic acids is 1. The summed E-state index contributed by atoms with van der Waals surface area (Å²) in [6.07, 6.45) is 0.146. The molecular weight excluding hydrogens is 364 g/mol. The number of carboxylic acid groups (broad SMARTS) is 1. The molecule has 2 amide bonds. The molecule has 0 saturated carbocycles. The minimum atomic E-state index is -1.13. The lowest BCUT2D eigenvalue weighted by atomic mass is 10.0. The largest absolute Gasteiger partial charge is 0.480 e. The third-order valence-corrected chi connectivity index (χ3v) is 4.08. The number of hydrogen-bond donors (Lipinski definition) is 3. The van der Waals surface area contributed by atoms with E-state index < -0.39 is 24.0 Å². The van der Waals surface area contributed by atoms with Gasteiger partial charge >= 0.3 is 5.97 Å². The molecular formula is C16H21BrN2O4. The summed E-state index contributed by atoms with van der Waals surface area (Å²) in [5.41, 5.74) is 0.779. The maximum atomic E-state index is 12.3. The number of carbonyl (C=O) groups is 3. The molecule has 0 bridgehead atoms. The fourth-order valence-electron chi connectivity index (χ4n) is 2.10. The van der Waals surface area contributed by atoms with Crippen molar-refractivity contribution in [3.8, 4) is 0 Å². The Balaban J connectivity index is 2.86. The second-order valence-electron chi connectivity index (χ2n) is 5.62. The zero-order chi connectivity index (χ0) is 17.6. The summed E-state index contributed by atoms with van der Waals surface area (Å²) in [5, 5.41) is 14.4. The van der Waals surface area contributed by atoms with Gasteiger partial charge in [0.05, 0.1) is 0 Å². The second kappa shape index (κ2) is 8.67. The van der Waals surface area contributed by atoms with Crippen LogP contribution in [0.4, 0.5) is 0 Å². The van der Waals surface area contributed by atoms with Crippen LogP contribution in [-0.4, -0.2) is 35.0 Å². The molecule has 0 spiro atoms. The van der Waals surface area contributed by atoms with Crippen molar-refractivity contribution < 1.29 is 19.5 Å². The topological polar surface area (TPSA) is 95.5 Å². The Labute approximate surface area is 143 Å². The lowest BCUT2D eigenvalue weighted by molar-refractivity contribution is -0.142. The summed E-state index contributed by atoms with van der Waals surface area (Å²) >= 11 is 3.36. The summed E-state index contributed by atoms with van der Waals surface area (Å²) in [7, 11) is 0. The van der Waals surface area contributed by atoms with E-state index in [0.717, 1.165) is 10.0 Å². The van der Waals surface area contributed by atoms with E-state index in [1.54, 1.807) is 26.0 Å². The molecule has 3 N–H and O–H groups in total. The van der Waals surface area contributed by atoms with E-state index >= 15 is 0 Å². The van der Waals surface area contributed by atoms with Crippen molar-refractivity contribution in [2.75, 3.05) is 0 Å². The van der Waals surface area contributed by atoms with Gasteiger partial charge in [0.25, 0.3) is 0 Å². The highest BCUT2D eigenvalue weighted by molar-refractivity contribution is 9.10. The molecule has 1 aromatic carbocycles. The minimum absolute atomic E-state index is 0.146. The van der Waals surface area contributed by atoms with Gasteiger partial charge in [0.1, 0.15) is 12.1 Å². The van der Waals surface area contributed by atoms with E-state index in [4.69, 9.17) is 0 Å². The number of benzene rings is 1. The molecule has 2 atom stereocenters. The van der Waals surface area contributed by atoms with Crippen molar-refractivity contribution in [3.63, 3.8) is 0 Å². The first-order valence-corrected chi connectivity index (χ1v) is 8.05. The number of carboxylic acids is 1. The average Bonchev–Trinajstić information content (AvgIpc) is 2.45. The van der Waals surface area contributed by atoms with E-state index in [0.29, 0.717) is 0 Å². The molecule has 1 aromatic rings. The Morgan fingerprint density at radius 2 is 1.78 bits per heavy atom. The van der Waals surface area contributed by atoms with Crippen LogP contribution in [0.1, 0.15) is 26.3 Å². The Bertz CT molecular complexity index is 589. The molecule has 0 aliphatic heterocycles. The van der Waals surface area contributed by atoms with Crippen molar-refractivity contribution in [2.24, 2.45) is 5.92 Å². The van der Waals surface area contributed by atoms with Gasteiger partial charge in [-0.05, 0) is 17.5 Å². The Morgan fingerprint density at radius 1 is 1.17 bits per heavy atom. The predicted molar refractivity (Wildman–Crippen MR) is 89.9 cm³/mol. The van der Waals surface area contributed by atoms with Crippen LogP contribution in [0, 0.1) is 5.92 Å². The molecule has 0 saturated heterocycles. The Kier molecular flexibility index (Phi) is 7.22. The fourth-order valence-corrected chi connectivity index (χ4v) is 2.55. The molecule has 0 radical (unpaired) electrons. The van der Waals surface area contributed by atoms with Crippen LogP contribution < -0.4 is 10.6 Å². The van der Waals surface area contributed by atoms with Crippen LogP contribution in [0.5, 0.6) is 0 Å². The summed E-state index contributed by atoms with van der Waals surface area (Å²) in [6, 6.07) is 5.39. The van der Waals surface area contributed by atoms with Gasteiger partial charge < -0.3 is 15.7 Å². The monoisotopic (exact) mass is 384 g/mol. The maximum absolute atomic E-state index is 12.3. The average molecular weight is 385 g/mol. The van der Waals surface area contributed by atoms with Crippen LogP contribution in [0.2, 0.25) is 0 Å². The van der Waals surface area contributed by atoms with Gasteiger partial charge in [0.15, 0.2) is 0 Å². The first kappa shape index (κ1) is 19.2. The van der Waals surface area contributed by atoms with Crippen LogP contribution in [-0.2, 0) is 20.8 Å². The molecule has 0 aliphatic carbocycles.